The summed E-state index contributed by atoms with van der Waals surface area (Å²) in [6.07, 6.45) is 4.30. The van der Waals surface area contributed by atoms with Gasteiger partial charge in [-0.15, -0.1) is 0 Å². The first kappa shape index (κ1) is 22.1. The fourth-order valence-electron chi connectivity index (χ4n) is 4.60. The van der Waals surface area contributed by atoms with Gasteiger partial charge < -0.3 is 15.6 Å². The quantitative estimate of drug-likeness (QED) is 0.339. The number of likely N-dealkylation sites (tertiary alicyclic amines) is 1. The van der Waals surface area contributed by atoms with E-state index in [9.17, 15) is 4.79 Å². The molecular weight excluding hydrogens is 400 g/mol. The summed E-state index contributed by atoms with van der Waals surface area (Å²) >= 11 is 0. The number of nitrogens with zero attached hydrogens (tertiary/aromatic N) is 4. The van der Waals surface area contributed by atoms with E-state index in [4.69, 9.17) is 11.6 Å². The number of carbonyl (C=O) groups is 1. The number of nitrogens with two attached hydrogens (primary N) is 2. The van der Waals surface area contributed by atoms with Crippen LogP contribution in [-0.4, -0.2) is 71.6 Å². The Morgan fingerprint density at radius 1 is 1.19 bits per heavy atom. The van der Waals surface area contributed by atoms with Crippen LogP contribution >= 0.6 is 0 Å². The molecule has 0 radical (unpaired) electrons. The first-order valence-corrected chi connectivity index (χ1v) is 11.0. The molecule has 2 aromatic carbocycles. The van der Waals surface area contributed by atoms with E-state index in [2.05, 4.69) is 30.5 Å². The summed E-state index contributed by atoms with van der Waals surface area (Å²) in [6, 6.07) is 14.3. The summed E-state index contributed by atoms with van der Waals surface area (Å²) in [6.45, 7) is 7.39. The van der Waals surface area contributed by atoms with Crippen molar-refractivity contribution in [3.05, 3.63) is 66.9 Å². The van der Waals surface area contributed by atoms with Crippen molar-refractivity contribution in [2.24, 2.45) is 11.6 Å². The number of allylic oxidation sites excluding steroid dienone is 1. The van der Waals surface area contributed by atoms with Gasteiger partial charge in [-0.1, -0.05) is 36.9 Å². The zero-order valence-corrected chi connectivity index (χ0v) is 18.9. The molecule has 0 aliphatic carbocycles. The van der Waals surface area contributed by atoms with Gasteiger partial charge in [-0.05, 0) is 45.3 Å². The Morgan fingerprint density at radius 2 is 1.94 bits per heavy atom. The Bertz CT molecular complexity index is 1180. The molecule has 1 saturated heterocycles. The van der Waals surface area contributed by atoms with Crippen LogP contribution in [0.15, 0.2) is 61.3 Å². The molecule has 7 nitrogen and oxygen atoms in total. The van der Waals surface area contributed by atoms with Crippen molar-refractivity contribution in [2.75, 3.05) is 40.3 Å². The van der Waals surface area contributed by atoms with E-state index < -0.39 is 0 Å². The average molecular weight is 433 g/mol. The monoisotopic (exact) mass is 432 g/mol. The van der Waals surface area contributed by atoms with E-state index in [0.29, 0.717) is 18.3 Å². The van der Waals surface area contributed by atoms with Crippen LogP contribution in [0.1, 0.15) is 16.8 Å². The van der Waals surface area contributed by atoms with Crippen molar-refractivity contribution in [3.63, 3.8) is 0 Å². The Labute approximate surface area is 189 Å². The van der Waals surface area contributed by atoms with E-state index in [1.807, 2.05) is 42.5 Å². The minimum Gasteiger partial charge on any atom is -0.397 e. The lowest BCUT2D eigenvalue weighted by molar-refractivity contribution is 0.0978. The van der Waals surface area contributed by atoms with Crippen LogP contribution in [0.5, 0.6) is 0 Å². The normalized spacial score (nSPS) is 17.5. The molecular formula is C25H32N6O. The smallest absolute Gasteiger partial charge is 0.254 e. The third-order valence-electron chi connectivity index (χ3n) is 6.36. The van der Waals surface area contributed by atoms with Crippen molar-refractivity contribution < 1.29 is 4.79 Å². The molecule has 3 aromatic rings. The molecule has 1 unspecified atom stereocenters. The third kappa shape index (κ3) is 4.14. The van der Waals surface area contributed by atoms with E-state index in [1.54, 1.807) is 15.8 Å². The van der Waals surface area contributed by atoms with Gasteiger partial charge in [0, 0.05) is 48.2 Å². The fraction of sp³-hybridized carbons (Fsp3) is 0.320. The third-order valence-corrected chi connectivity index (χ3v) is 6.36. The van der Waals surface area contributed by atoms with Gasteiger partial charge in [-0.2, -0.15) is 0 Å². The van der Waals surface area contributed by atoms with Crippen LogP contribution in [0.4, 0.5) is 0 Å². The molecule has 0 spiro atoms. The molecule has 0 bridgehead atoms. The molecule has 4 N–H and O–H groups in total. The lowest BCUT2D eigenvalue weighted by atomic mass is 10.0. The Kier molecular flexibility index (Phi) is 6.32. The second-order valence-corrected chi connectivity index (χ2v) is 8.62. The minimum absolute atomic E-state index is 0.169. The molecule has 1 atom stereocenters. The van der Waals surface area contributed by atoms with Crippen molar-refractivity contribution in [1.29, 1.82) is 0 Å². The van der Waals surface area contributed by atoms with Gasteiger partial charge >= 0.3 is 0 Å². The number of para-hydroxylation sites is 1. The first-order chi connectivity index (χ1) is 15.4. The lowest BCUT2D eigenvalue weighted by Gasteiger charge is -2.22. The van der Waals surface area contributed by atoms with Crippen LogP contribution in [0.3, 0.4) is 0 Å². The Hall–Kier alpha value is -3.13. The van der Waals surface area contributed by atoms with E-state index in [0.717, 1.165) is 47.0 Å². The summed E-state index contributed by atoms with van der Waals surface area (Å²) < 4.78 is 1.68. The first-order valence-electron chi connectivity index (χ1n) is 11.0. The SMILES string of the molecule is C=CC(=O)n1c2ccccc2c2c(/C(N)=C/N(N)CCN3CCC(N(C)C)C3)cccc21. The fourth-order valence-corrected chi connectivity index (χ4v) is 4.60. The number of carbonyl (C=O) groups excluding carboxylic acids is 1. The van der Waals surface area contributed by atoms with Gasteiger partial charge in [0.1, 0.15) is 0 Å². The molecule has 7 heteroatoms. The lowest BCUT2D eigenvalue weighted by Crippen LogP contribution is -2.37. The maximum atomic E-state index is 12.6. The number of benzene rings is 2. The number of fused-ring (bicyclic) bond motifs is 3. The van der Waals surface area contributed by atoms with Gasteiger partial charge in [0.25, 0.3) is 5.91 Å². The second-order valence-electron chi connectivity index (χ2n) is 8.62. The number of hydrazine groups is 1. The van der Waals surface area contributed by atoms with Crippen LogP contribution in [0.2, 0.25) is 0 Å². The van der Waals surface area contributed by atoms with Crippen LogP contribution < -0.4 is 11.6 Å². The van der Waals surface area contributed by atoms with E-state index in [-0.39, 0.29) is 5.91 Å². The molecule has 1 aromatic heterocycles. The Balaban J connectivity index is 1.61. The van der Waals surface area contributed by atoms with Gasteiger partial charge in [0.15, 0.2) is 0 Å². The number of rotatable bonds is 7. The van der Waals surface area contributed by atoms with Crippen LogP contribution in [0.25, 0.3) is 27.5 Å². The van der Waals surface area contributed by atoms with E-state index in [1.165, 1.54) is 12.5 Å². The highest BCUT2D eigenvalue weighted by atomic mass is 16.1. The number of hydrogen-bond acceptors (Lipinski definition) is 6. The summed E-state index contributed by atoms with van der Waals surface area (Å²) in [4.78, 5) is 17.3. The molecule has 32 heavy (non-hydrogen) atoms. The minimum atomic E-state index is -0.169. The molecule has 0 saturated carbocycles. The second kappa shape index (κ2) is 9.16. The summed E-state index contributed by atoms with van der Waals surface area (Å²) in [5, 5.41) is 3.57. The molecule has 1 fully saturated rings. The standard InChI is InChI=1S/C25H32N6O/c1-4-24(32)31-22-10-6-5-8-20(22)25-19(9-7-11-23(25)31)21(26)17-30(27)15-14-29-13-12-18(16-29)28(2)3/h4-11,17-18H,1,12-16,26-27H2,2-3H3/b21-17-. The zero-order valence-electron chi connectivity index (χ0n) is 18.9. The highest BCUT2D eigenvalue weighted by Crippen LogP contribution is 2.33. The molecule has 1 aliphatic heterocycles. The number of likely N-dealkylation sites (N-methyl/N-ethyl adjacent to an activating group) is 1. The maximum Gasteiger partial charge on any atom is 0.254 e. The van der Waals surface area contributed by atoms with Gasteiger partial charge in [0.2, 0.25) is 0 Å². The highest BCUT2D eigenvalue weighted by Gasteiger charge is 2.23. The Morgan fingerprint density at radius 3 is 2.66 bits per heavy atom. The highest BCUT2D eigenvalue weighted by molar-refractivity contribution is 6.17. The number of hydrogen-bond donors (Lipinski definition) is 2. The van der Waals surface area contributed by atoms with Crippen LogP contribution in [-0.2, 0) is 0 Å². The molecule has 4 rings (SSSR count). The van der Waals surface area contributed by atoms with Gasteiger partial charge in [-0.25, -0.2) is 5.84 Å². The zero-order chi connectivity index (χ0) is 22.8. The molecule has 0 amide bonds. The van der Waals surface area contributed by atoms with Gasteiger partial charge in [-0.3, -0.25) is 14.3 Å². The molecule has 1 aliphatic rings. The number of aromatic nitrogens is 1. The van der Waals surface area contributed by atoms with E-state index >= 15 is 0 Å². The maximum absolute atomic E-state index is 12.6. The van der Waals surface area contributed by atoms with Crippen molar-refractivity contribution in [2.45, 2.75) is 12.5 Å². The van der Waals surface area contributed by atoms with Gasteiger partial charge in [0.05, 0.1) is 16.7 Å². The summed E-state index contributed by atoms with van der Waals surface area (Å²) in [7, 11) is 4.26. The summed E-state index contributed by atoms with van der Waals surface area (Å²) in [5.41, 5.74) is 9.59. The van der Waals surface area contributed by atoms with Crippen molar-refractivity contribution in [3.8, 4) is 0 Å². The predicted molar refractivity (Wildman–Crippen MR) is 132 cm³/mol. The topological polar surface area (TPSA) is 83.8 Å². The van der Waals surface area contributed by atoms with Crippen molar-refractivity contribution >= 4 is 33.4 Å². The molecule has 168 valence electrons. The summed E-state index contributed by atoms with van der Waals surface area (Å²) in [5.74, 6) is 6.11. The largest absolute Gasteiger partial charge is 0.397 e. The molecule has 2 heterocycles. The average Bonchev–Trinajstić information content (AvgIpc) is 3.40. The predicted octanol–water partition coefficient (Wildman–Crippen LogP) is 2.69. The van der Waals surface area contributed by atoms with Crippen molar-refractivity contribution in [1.82, 2.24) is 19.4 Å². The van der Waals surface area contributed by atoms with Crippen LogP contribution in [0, 0.1) is 0 Å².